The zero-order chi connectivity index (χ0) is 13.5. The molecule has 0 radical (unpaired) electrons. The lowest BCUT2D eigenvalue weighted by atomic mass is 10.2. The molecule has 5 heteroatoms. The molecule has 0 bridgehead atoms. The highest BCUT2D eigenvalue weighted by atomic mass is 32.1. The molecule has 0 aromatic heterocycles. The number of ether oxygens (including phenoxy) is 1. The van der Waals surface area contributed by atoms with E-state index in [2.05, 4.69) is 39.4 Å². The van der Waals surface area contributed by atoms with Crippen molar-refractivity contribution in [3.63, 3.8) is 0 Å². The number of piperazine rings is 1. The number of hydrogen-bond donors (Lipinski definition) is 1. The normalized spacial score (nSPS) is 16.4. The standard InChI is InChI=1S/C14H21N3OS/c1-18-11-10-16-6-8-17(9-7-16)14-4-2-13(3-5-14)15-12-19/h2-5,12H,6-11H2,1H3,(H,15,19). The first-order valence-corrected chi connectivity index (χ1v) is 7.07. The highest BCUT2D eigenvalue weighted by Gasteiger charge is 2.16. The van der Waals surface area contributed by atoms with Gasteiger partial charge in [-0.05, 0) is 24.3 Å². The van der Waals surface area contributed by atoms with Gasteiger partial charge in [0.1, 0.15) is 0 Å². The molecule has 1 aliphatic heterocycles. The first kappa shape index (κ1) is 14.2. The Morgan fingerprint density at radius 2 is 1.89 bits per heavy atom. The van der Waals surface area contributed by atoms with Crippen molar-refractivity contribution in [1.29, 1.82) is 0 Å². The Morgan fingerprint density at radius 1 is 1.21 bits per heavy atom. The van der Waals surface area contributed by atoms with Gasteiger partial charge in [0, 0.05) is 51.2 Å². The van der Waals surface area contributed by atoms with Crippen LogP contribution in [-0.4, -0.2) is 56.8 Å². The van der Waals surface area contributed by atoms with Crippen LogP contribution in [0.2, 0.25) is 0 Å². The van der Waals surface area contributed by atoms with Crippen LogP contribution in [0.15, 0.2) is 24.3 Å². The van der Waals surface area contributed by atoms with E-state index < -0.39 is 0 Å². The number of rotatable bonds is 6. The highest BCUT2D eigenvalue weighted by molar-refractivity contribution is 7.79. The van der Waals surface area contributed by atoms with Crippen LogP contribution in [0.4, 0.5) is 11.4 Å². The number of methoxy groups -OCH3 is 1. The maximum Gasteiger partial charge on any atom is 0.0658 e. The van der Waals surface area contributed by atoms with Gasteiger partial charge in [-0.2, -0.15) is 0 Å². The van der Waals surface area contributed by atoms with Crippen LogP contribution < -0.4 is 10.2 Å². The fraction of sp³-hybridized carbons (Fsp3) is 0.500. The summed E-state index contributed by atoms with van der Waals surface area (Å²) in [5.74, 6) is 0. The lowest BCUT2D eigenvalue weighted by Crippen LogP contribution is -2.47. The van der Waals surface area contributed by atoms with Crippen molar-refractivity contribution in [1.82, 2.24) is 4.90 Å². The van der Waals surface area contributed by atoms with E-state index in [-0.39, 0.29) is 0 Å². The SMILES string of the molecule is COCCN1CCN(c2ccc(NC=S)cc2)CC1. The third-order valence-corrected chi connectivity index (χ3v) is 3.56. The molecule has 0 amide bonds. The number of benzene rings is 1. The summed E-state index contributed by atoms with van der Waals surface area (Å²) in [5.41, 5.74) is 3.85. The fourth-order valence-electron chi connectivity index (χ4n) is 2.29. The fourth-order valence-corrected chi connectivity index (χ4v) is 2.42. The summed E-state index contributed by atoms with van der Waals surface area (Å²) in [7, 11) is 1.76. The number of nitrogens with zero attached hydrogens (tertiary/aromatic N) is 2. The molecule has 1 aliphatic rings. The van der Waals surface area contributed by atoms with Gasteiger partial charge in [0.05, 0.1) is 12.1 Å². The molecule has 1 N–H and O–H groups in total. The summed E-state index contributed by atoms with van der Waals surface area (Å²) in [4.78, 5) is 4.87. The van der Waals surface area contributed by atoms with E-state index in [0.717, 1.165) is 45.0 Å². The van der Waals surface area contributed by atoms with Crippen LogP contribution in [0.1, 0.15) is 0 Å². The number of thiocarbonyl (C=S) groups is 1. The molecular weight excluding hydrogens is 258 g/mol. The Labute approximate surface area is 120 Å². The highest BCUT2D eigenvalue weighted by Crippen LogP contribution is 2.19. The smallest absolute Gasteiger partial charge is 0.0658 e. The summed E-state index contributed by atoms with van der Waals surface area (Å²) in [6.45, 7) is 6.19. The second kappa shape index (κ2) is 7.43. The minimum atomic E-state index is 0.817. The predicted molar refractivity (Wildman–Crippen MR) is 84.2 cm³/mol. The molecule has 104 valence electrons. The van der Waals surface area contributed by atoms with E-state index in [0.29, 0.717) is 0 Å². The van der Waals surface area contributed by atoms with Gasteiger partial charge in [-0.1, -0.05) is 12.2 Å². The van der Waals surface area contributed by atoms with E-state index in [1.54, 1.807) is 7.11 Å². The van der Waals surface area contributed by atoms with Crippen LogP contribution >= 0.6 is 12.2 Å². The second-order valence-corrected chi connectivity index (χ2v) is 4.87. The van der Waals surface area contributed by atoms with Crippen LogP contribution in [0.5, 0.6) is 0 Å². The molecule has 0 atom stereocenters. The number of anilines is 2. The molecule has 2 rings (SSSR count). The van der Waals surface area contributed by atoms with Gasteiger partial charge in [-0.15, -0.1) is 0 Å². The molecule has 19 heavy (non-hydrogen) atoms. The quantitative estimate of drug-likeness (QED) is 0.802. The van der Waals surface area contributed by atoms with E-state index in [9.17, 15) is 0 Å². The lowest BCUT2D eigenvalue weighted by molar-refractivity contribution is 0.144. The molecule has 1 aromatic rings. The zero-order valence-corrected chi connectivity index (χ0v) is 12.2. The minimum absolute atomic E-state index is 0.817. The average molecular weight is 279 g/mol. The Balaban J connectivity index is 1.85. The molecular formula is C14H21N3OS. The van der Waals surface area contributed by atoms with Crippen molar-refractivity contribution in [3.8, 4) is 0 Å². The van der Waals surface area contributed by atoms with Gasteiger partial charge in [0.2, 0.25) is 0 Å². The van der Waals surface area contributed by atoms with Crippen molar-refractivity contribution in [2.75, 3.05) is 56.7 Å². The molecule has 0 spiro atoms. The van der Waals surface area contributed by atoms with Crippen molar-refractivity contribution in [3.05, 3.63) is 24.3 Å². The molecule has 4 nitrogen and oxygen atoms in total. The van der Waals surface area contributed by atoms with E-state index in [4.69, 9.17) is 17.0 Å². The van der Waals surface area contributed by atoms with Crippen molar-refractivity contribution >= 4 is 29.1 Å². The predicted octanol–water partition coefficient (Wildman–Crippen LogP) is 1.82. The Morgan fingerprint density at radius 3 is 2.47 bits per heavy atom. The van der Waals surface area contributed by atoms with Crippen LogP contribution in [0.25, 0.3) is 0 Å². The first-order chi connectivity index (χ1) is 9.33. The molecule has 0 saturated carbocycles. The molecule has 1 fully saturated rings. The Bertz CT molecular complexity index is 388. The van der Waals surface area contributed by atoms with Gasteiger partial charge >= 0.3 is 0 Å². The van der Waals surface area contributed by atoms with Crippen molar-refractivity contribution in [2.45, 2.75) is 0 Å². The van der Waals surface area contributed by atoms with E-state index in [1.165, 1.54) is 11.2 Å². The van der Waals surface area contributed by atoms with Gasteiger partial charge < -0.3 is 15.0 Å². The zero-order valence-electron chi connectivity index (χ0n) is 11.3. The summed E-state index contributed by atoms with van der Waals surface area (Å²) < 4.78 is 5.12. The first-order valence-electron chi connectivity index (χ1n) is 6.60. The van der Waals surface area contributed by atoms with Crippen molar-refractivity contribution < 1.29 is 4.74 Å². The third-order valence-electron chi connectivity index (χ3n) is 3.44. The van der Waals surface area contributed by atoms with Crippen molar-refractivity contribution in [2.24, 2.45) is 0 Å². The summed E-state index contributed by atoms with van der Waals surface area (Å²) in [6, 6.07) is 8.42. The van der Waals surface area contributed by atoms with Crippen LogP contribution in [-0.2, 0) is 4.74 Å². The topological polar surface area (TPSA) is 27.7 Å². The summed E-state index contributed by atoms with van der Waals surface area (Å²) in [6.07, 6.45) is 0. The van der Waals surface area contributed by atoms with Gasteiger partial charge in [0.25, 0.3) is 0 Å². The van der Waals surface area contributed by atoms with E-state index in [1.807, 2.05) is 0 Å². The number of hydrogen-bond acceptors (Lipinski definition) is 4. The van der Waals surface area contributed by atoms with Gasteiger partial charge in [-0.25, -0.2) is 0 Å². The largest absolute Gasteiger partial charge is 0.383 e. The molecule has 1 aromatic carbocycles. The van der Waals surface area contributed by atoms with Gasteiger partial charge in [0.15, 0.2) is 0 Å². The van der Waals surface area contributed by atoms with Gasteiger partial charge in [-0.3, -0.25) is 4.90 Å². The summed E-state index contributed by atoms with van der Waals surface area (Å²) in [5, 5.41) is 3.02. The summed E-state index contributed by atoms with van der Waals surface area (Å²) >= 11 is 4.78. The lowest BCUT2D eigenvalue weighted by Gasteiger charge is -2.36. The number of nitrogens with one attached hydrogen (secondary N) is 1. The minimum Gasteiger partial charge on any atom is -0.383 e. The molecule has 0 unspecified atom stereocenters. The maximum atomic E-state index is 5.12. The average Bonchev–Trinajstić information content (AvgIpc) is 2.47. The molecule has 1 heterocycles. The van der Waals surface area contributed by atoms with E-state index >= 15 is 0 Å². The second-order valence-electron chi connectivity index (χ2n) is 4.63. The molecule has 0 aliphatic carbocycles. The monoisotopic (exact) mass is 279 g/mol. The van der Waals surface area contributed by atoms with Crippen LogP contribution in [0, 0.1) is 0 Å². The Kier molecular flexibility index (Phi) is 5.57. The van der Waals surface area contributed by atoms with Crippen LogP contribution in [0.3, 0.4) is 0 Å². The maximum absolute atomic E-state index is 5.12. The molecule has 1 saturated heterocycles. The third kappa shape index (κ3) is 4.16. The Hall–Kier alpha value is -1.17.